The molecule has 0 N–H and O–H groups in total. The quantitative estimate of drug-likeness (QED) is 0.755. The first-order chi connectivity index (χ1) is 12.6. The fourth-order valence-corrected chi connectivity index (χ4v) is 5.83. The molecule has 2 aliphatic heterocycles. The van der Waals surface area contributed by atoms with Gasteiger partial charge in [0.2, 0.25) is 0 Å². The van der Waals surface area contributed by atoms with Crippen molar-refractivity contribution < 1.29 is 0 Å². The third-order valence-electron chi connectivity index (χ3n) is 6.39. The second kappa shape index (κ2) is 6.28. The molecule has 4 aliphatic rings. The van der Waals surface area contributed by atoms with E-state index in [0.717, 1.165) is 30.0 Å². The molecule has 2 aliphatic carbocycles. The van der Waals surface area contributed by atoms with Crippen molar-refractivity contribution in [1.29, 1.82) is 0 Å². The molecule has 2 aromatic rings. The fraction of sp³-hybridized carbons (Fsp3) is 0.500. The van der Waals surface area contributed by atoms with Gasteiger partial charge in [0, 0.05) is 17.6 Å². The maximum atomic E-state index is 12.9. The average molecular weight is 390 g/mol. The number of rotatable bonds is 2. The maximum absolute atomic E-state index is 12.9. The molecule has 2 saturated heterocycles. The predicted octanol–water partition coefficient (Wildman–Crippen LogP) is 4.55. The van der Waals surface area contributed by atoms with Crippen LogP contribution in [0.1, 0.15) is 32.1 Å². The number of halogens is 2. The van der Waals surface area contributed by atoms with Gasteiger partial charge in [-0.05, 0) is 74.1 Å². The lowest BCUT2D eigenvalue weighted by Crippen LogP contribution is -2.39. The normalized spacial score (nSPS) is 29.8. The minimum absolute atomic E-state index is 0.268. The van der Waals surface area contributed by atoms with Crippen LogP contribution in [0.3, 0.4) is 0 Å². The van der Waals surface area contributed by atoms with Crippen LogP contribution in [0.4, 0.5) is 5.69 Å². The highest BCUT2D eigenvalue weighted by Crippen LogP contribution is 2.48. The van der Waals surface area contributed by atoms with Gasteiger partial charge in [-0.2, -0.15) is 9.78 Å². The third-order valence-corrected chi connectivity index (χ3v) is 6.99. The number of benzene rings is 1. The molecule has 136 valence electrons. The SMILES string of the molecule is O=c1c(Cl)c(N2CC3CC4CC(C3)CC2C4)cnn1-c1ccc(Cl)cc1. The summed E-state index contributed by atoms with van der Waals surface area (Å²) < 4.78 is 1.35. The van der Waals surface area contributed by atoms with Crippen LogP contribution in [-0.4, -0.2) is 22.4 Å². The molecule has 26 heavy (non-hydrogen) atoms. The zero-order chi connectivity index (χ0) is 17.8. The molecule has 6 rings (SSSR count). The van der Waals surface area contributed by atoms with Gasteiger partial charge < -0.3 is 4.90 Å². The maximum Gasteiger partial charge on any atom is 0.292 e. The molecule has 0 spiro atoms. The largest absolute Gasteiger partial charge is 0.366 e. The van der Waals surface area contributed by atoms with Crippen molar-refractivity contribution in [1.82, 2.24) is 9.78 Å². The van der Waals surface area contributed by atoms with Crippen molar-refractivity contribution in [2.24, 2.45) is 17.8 Å². The van der Waals surface area contributed by atoms with Crippen LogP contribution in [0, 0.1) is 17.8 Å². The lowest BCUT2D eigenvalue weighted by Gasteiger charge is -2.39. The molecule has 0 radical (unpaired) electrons. The summed E-state index contributed by atoms with van der Waals surface area (Å²) in [5.41, 5.74) is 1.21. The number of fused-ring (bicyclic) bond motifs is 1. The Balaban J connectivity index is 1.53. The highest BCUT2D eigenvalue weighted by molar-refractivity contribution is 6.33. The first-order valence-electron chi connectivity index (χ1n) is 9.39. The summed E-state index contributed by atoms with van der Waals surface area (Å²) in [6.07, 6.45) is 8.27. The Kier molecular flexibility index (Phi) is 4.02. The second-order valence-electron chi connectivity index (χ2n) is 8.12. The fourth-order valence-electron chi connectivity index (χ4n) is 5.47. The Morgan fingerprint density at radius 2 is 1.58 bits per heavy atom. The van der Waals surface area contributed by atoms with Crippen LogP contribution in [0.5, 0.6) is 0 Å². The number of hydrogen-bond acceptors (Lipinski definition) is 3. The summed E-state index contributed by atoms with van der Waals surface area (Å²) in [6, 6.07) is 7.54. The minimum Gasteiger partial charge on any atom is -0.366 e. The molecule has 3 heterocycles. The van der Waals surface area contributed by atoms with E-state index in [-0.39, 0.29) is 10.6 Å². The summed E-state index contributed by atoms with van der Waals surface area (Å²) in [6.45, 7) is 1.00. The molecular weight excluding hydrogens is 369 g/mol. The van der Waals surface area contributed by atoms with E-state index in [1.54, 1.807) is 30.5 Å². The van der Waals surface area contributed by atoms with Crippen molar-refractivity contribution in [2.75, 3.05) is 11.4 Å². The average Bonchev–Trinajstić information content (AvgIpc) is 2.82. The topological polar surface area (TPSA) is 38.1 Å². The third kappa shape index (κ3) is 2.74. The van der Waals surface area contributed by atoms with Gasteiger partial charge in [0.05, 0.1) is 17.6 Å². The molecule has 2 atom stereocenters. The Morgan fingerprint density at radius 1 is 0.923 bits per heavy atom. The summed E-state index contributed by atoms with van der Waals surface area (Å²) >= 11 is 12.5. The number of aromatic nitrogens is 2. The summed E-state index contributed by atoms with van der Waals surface area (Å²) in [7, 11) is 0. The van der Waals surface area contributed by atoms with E-state index in [0.29, 0.717) is 16.8 Å². The lowest BCUT2D eigenvalue weighted by atomic mass is 9.68. The molecule has 4 nitrogen and oxygen atoms in total. The molecule has 2 unspecified atom stereocenters. The zero-order valence-corrected chi connectivity index (χ0v) is 16.0. The van der Waals surface area contributed by atoms with Crippen molar-refractivity contribution in [3.8, 4) is 5.69 Å². The summed E-state index contributed by atoms with van der Waals surface area (Å²) in [4.78, 5) is 15.3. The van der Waals surface area contributed by atoms with Gasteiger partial charge in [-0.15, -0.1) is 0 Å². The molecular formula is C20H21Cl2N3O. The molecule has 4 bridgehead atoms. The smallest absolute Gasteiger partial charge is 0.292 e. The first-order valence-corrected chi connectivity index (χ1v) is 10.1. The Hall–Kier alpha value is -1.52. The van der Waals surface area contributed by atoms with Crippen LogP contribution in [0.2, 0.25) is 10.0 Å². The van der Waals surface area contributed by atoms with Crippen LogP contribution < -0.4 is 10.5 Å². The standard InChI is InChI=1S/C20H21Cl2N3O/c21-15-1-3-16(4-2-15)25-20(26)19(22)18(10-23-25)24-11-14-6-12-5-13(7-14)9-17(24)8-12/h1-4,10,12-14,17H,5-9,11H2. The highest BCUT2D eigenvalue weighted by Gasteiger charge is 2.43. The van der Waals surface area contributed by atoms with Crippen LogP contribution in [-0.2, 0) is 0 Å². The van der Waals surface area contributed by atoms with Crippen molar-refractivity contribution >= 4 is 28.9 Å². The number of hydrogen-bond donors (Lipinski definition) is 0. The van der Waals surface area contributed by atoms with Gasteiger partial charge in [0.1, 0.15) is 5.02 Å². The molecule has 4 fully saturated rings. The Morgan fingerprint density at radius 3 is 2.27 bits per heavy atom. The van der Waals surface area contributed by atoms with Gasteiger partial charge >= 0.3 is 0 Å². The Labute approximate surface area is 162 Å². The van der Waals surface area contributed by atoms with E-state index < -0.39 is 0 Å². The van der Waals surface area contributed by atoms with Crippen LogP contribution >= 0.6 is 23.2 Å². The van der Waals surface area contributed by atoms with Crippen molar-refractivity contribution in [2.45, 2.75) is 38.1 Å². The van der Waals surface area contributed by atoms with E-state index in [4.69, 9.17) is 23.2 Å². The van der Waals surface area contributed by atoms with E-state index in [1.165, 1.54) is 36.8 Å². The van der Waals surface area contributed by atoms with E-state index in [9.17, 15) is 4.79 Å². The second-order valence-corrected chi connectivity index (χ2v) is 8.93. The van der Waals surface area contributed by atoms with E-state index in [1.807, 2.05) is 0 Å². The number of anilines is 1. The van der Waals surface area contributed by atoms with Gasteiger partial charge in [-0.25, -0.2) is 0 Å². The summed E-state index contributed by atoms with van der Waals surface area (Å²) in [5.74, 6) is 2.42. The van der Waals surface area contributed by atoms with E-state index >= 15 is 0 Å². The van der Waals surface area contributed by atoms with E-state index in [2.05, 4.69) is 10.00 Å². The minimum atomic E-state index is -0.268. The van der Waals surface area contributed by atoms with Gasteiger partial charge in [0.25, 0.3) is 5.56 Å². The van der Waals surface area contributed by atoms with Gasteiger partial charge in [-0.3, -0.25) is 4.79 Å². The summed E-state index contributed by atoms with van der Waals surface area (Å²) in [5, 5.41) is 5.32. The molecule has 6 heteroatoms. The van der Waals surface area contributed by atoms with Crippen LogP contribution in [0.15, 0.2) is 35.3 Å². The predicted molar refractivity (Wildman–Crippen MR) is 105 cm³/mol. The van der Waals surface area contributed by atoms with Gasteiger partial charge in [0.15, 0.2) is 0 Å². The molecule has 2 saturated carbocycles. The zero-order valence-electron chi connectivity index (χ0n) is 14.4. The monoisotopic (exact) mass is 389 g/mol. The van der Waals surface area contributed by atoms with Gasteiger partial charge in [-0.1, -0.05) is 23.2 Å². The molecule has 1 aromatic carbocycles. The van der Waals surface area contributed by atoms with Crippen molar-refractivity contribution in [3.05, 3.63) is 50.9 Å². The lowest BCUT2D eigenvalue weighted by molar-refractivity contribution is 0.157. The van der Waals surface area contributed by atoms with Crippen LogP contribution in [0.25, 0.3) is 5.69 Å². The first kappa shape index (κ1) is 16.6. The number of nitrogens with zero attached hydrogens (tertiary/aromatic N) is 3. The Bertz CT molecular complexity index is 881. The molecule has 1 aromatic heterocycles. The van der Waals surface area contributed by atoms with Crippen molar-refractivity contribution in [3.63, 3.8) is 0 Å². The molecule has 0 amide bonds. The highest BCUT2D eigenvalue weighted by atomic mass is 35.5.